The van der Waals surface area contributed by atoms with Crippen molar-refractivity contribution in [3.05, 3.63) is 28.2 Å². The summed E-state index contributed by atoms with van der Waals surface area (Å²) in [6.45, 7) is 2.93. The van der Waals surface area contributed by atoms with Crippen LogP contribution in [0.25, 0.3) is 0 Å². The Hall–Kier alpha value is -1.26. The molecule has 0 saturated heterocycles. The summed E-state index contributed by atoms with van der Waals surface area (Å²) >= 11 is 11.9. The van der Waals surface area contributed by atoms with E-state index in [-0.39, 0.29) is 23.7 Å². The second-order valence-electron chi connectivity index (χ2n) is 6.81. The molecule has 4 nitrogen and oxygen atoms in total. The smallest absolute Gasteiger partial charge is 0.227 e. The van der Waals surface area contributed by atoms with Crippen molar-refractivity contribution in [1.29, 1.82) is 0 Å². The van der Waals surface area contributed by atoms with Crippen molar-refractivity contribution >= 4 is 40.7 Å². The van der Waals surface area contributed by atoms with Crippen LogP contribution in [-0.2, 0) is 9.59 Å². The Labute approximate surface area is 159 Å². The second-order valence-corrected chi connectivity index (χ2v) is 7.68. The number of nitrogens with zero attached hydrogens (tertiary/aromatic N) is 1. The number of carbonyl (C=O) groups is 2. The van der Waals surface area contributed by atoms with E-state index in [4.69, 9.17) is 23.2 Å². The topological polar surface area (TPSA) is 49.4 Å². The van der Waals surface area contributed by atoms with Crippen LogP contribution in [0.15, 0.2) is 18.2 Å². The van der Waals surface area contributed by atoms with E-state index < -0.39 is 0 Å². The Morgan fingerprint density at radius 1 is 1.08 bits per heavy atom. The monoisotopic (exact) mass is 384 g/mol. The number of carbonyl (C=O) groups excluding carboxylic acids is 2. The fraction of sp³-hybridized carbons (Fsp3) is 0.579. The van der Waals surface area contributed by atoms with Gasteiger partial charge in [0.15, 0.2) is 0 Å². The van der Waals surface area contributed by atoms with Gasteiger partial charge in [-0.3, -0.25) is 9.59 Å². The first kappa shape index (κ1) is 20.1. The van der Waals surface area contributed by atoms with Crippen molar-refractivity contribution in [2.45, 2.75) is 45.4 Å². The Morgan fingerprint density at radius 2 is 1.64 bits per heavy atom. The predicted octanol–water partition coefficient (Wildman–Crippen LogP) is 5.00. The number of hydrogen-bond donors (Lipinski definition) is 1. The van der Waals surface area contributed by atoms with Gasteiger partial charge >= 0.3 is 0 Å². The van der Waals surface area contributed by atoms with Crippen molar-refractivity contribution < 1.29 is 9.59 Å². The van der Waals surface area contributed by atoms with Gasteiger partial charge in [-0.1, -0.05) is 36.5 Å². The minimum Gasteiger partial charge on any atom is -0.346 e. The number of anilines is 1. The lowest BCUT2D eigenvalue weighted by Gasteiger charge is -2.30. The summed E-state index contributed by atoms with van der Waals surface area (Å²) in [5, 5.41) is 3.87. The van der Waals surface area contributed by atoms with Crippen molar-refractivity contribution in [3.8, 4) is 0 Å². The Balaban J connectivity index is 1.84. The summed E-state index contributed by atoms with van der Waals surface area (Å²) in [4.78, 5) is 26.7. The third-order valence-electron chi connectivity index (χ3n) is 4.80. The fourth-order valence-electron chi connectivity index (χ4n) is 3.29. The largest absolute Gasteiger partial charge is 0.346 e. The summed E-state index contributed by atoms with van der Waals surface area (Å²) in [7, 11) is 1.87. The van der Waals surface area contributed by atoms with E-state index in [1.54, 1.807) is 18.2 Å². The number of benzene rings is 1. The highest BCUT2D eigenvalue weighted by Gasteiger charge is 2.31. The number of halogens is 2. The van der Waals surface area contributed by atoms with E-state index in [0.717, 1.165) is 45.1 Å². The van der Waals surface area contributed by atoms with Gasteiger partial charge in [-0.05, 0) is 50.3 Å². The minimum atomic E-state index is -0.0669. The Bertz CT molecular complexity index is 593. The van der Waals surface area contributed by atoms with E-state index in [1.807, 2.05) is 11.9 Å². The highest BCUT2D eigenvalue weighted by atomic mass is 35.5. The maximum Gasteiger partial charge on any atom is 0.227 e. The van der Waals surface area contributed by atoms with Crippen LogP contribution >= 0.6 is 23.2 Å². The van der Waals surface area contributed by atoms with Gasteiger partial charge < -0.3 is 10.2 Å². The van der Waals surface area contributed by atoms with Crippen LogP contribution in [0.2, 0.25) is 10.0 Å². The molecule has 2 amide bonds. The molecule has 0 unspecified atom stereocenters. The lowest BCUT2D eigenvalue weighted by Crippen LogP contribution is -2.37. The molecule has 1 saturated carbocycles. The summed E-state index contributed by atoms with van der Waals surface area (Å²) in [6.07, 6.45) is 5.12. The van der Waals surface area contributed by atoms with Crippen molar-refractivity contribution in [3.63, 3.8) is 0 Å². The zero-order valence-corrected chi connectivity index (χ0v) is 16.4. The van der Waals surface area contributed by atoms with E-state index in [2.05, 4.69) is 12.2 Å². The number of rotatable bonds is 6. The lowest BCUT2D eigenvalue weighted by molar-refractivity contribution is -0.136. The van der Waals surface area contributed by atoms with Gasteiger partial charge in [0, 0.05) is 41.2 Å². The van der Waals surface area contributed by atoms with Gasteiger partial charge in [-0.2, -0.15) is 0 Å². The highest BCUT2D eigenvalue weighted by Crippen LogP contribution is 2.31. The molecule has 0 heterocycles. The Kier molecular flexibility index (Phi) is 7.57. The molecule has 0 aromatic heterocycles. The molecular weight excluding hydrogens is 359 g/mol. The fourth-order valence-corrected chi connectivity index (χ4v) is 3.82. The zero-order valence-electron chi connectivity index (χ0n) is 14.9. The van der Waals surface area contributed by atoms with Crippen LogP contribution in [0.5, 0.6) is 0 Å². The molecule has 0 spiro atoms. The number of amides is 2. The molecular formula is C19H26Cl2N2O2. The number of unbranched alkanes of at least 4 members (excludes halogenated alkanes) is 1. The molecule has 1 fully saturated rings. The van der Waals surface area contributed by atoms with E-state index >= 15 is 0 Å². The van der Waals surface area contributed by atoms with Crippen LogP contribution in [0.1, 0.15) is 45.4 Å². The van der Waals surface area contributed by atoms with Crippen LogP contribution in [0.3, 0.4) is 0 Å². The van der Waals surface area contributed by atoms with Crippen molar-refractivity contribution in [2.24, 2.45) is 11.8 Å². The first-order valence-corrected chi connectivity index (χ1v) is 9.68. The normalized spacial score (nSPS) is 20.2. The van der Waals surface area contributed by atoms with Crippen molar-refractivity contribution in [2.75, 3.05) is 18.9 Å². The number of hydrogen-bond acceptors (Lipinski definition) is 2. The molecule has 0 aliphatic heterocycles. The molecule has 0 atom stereocenters. The zero-order chi connectivity index (χ0) is 18.4. The lowest BCUT2D eigenvalue weighted by atomic mass is 9.81. The highest BCUT2D eigenvalue weighted by molar-refractivity contribution is 6.35. The van der Waals surface area contributed by atoms with Gasteiger partial charge in [-0.15, -0.1) is 0 Å². The molecule has 1 aliphatic carbocycles. The molecule has 2 rings (SSSR count). The quantitative estimate of drug-likeness (QED) is 0.750. The van der Waals surface area contributed by atoms with Gasteiger partial charge in [-0.25, -0.2) is 0 Å². The first-order chi connectivity index (χ1) is 11.9. The van der Waals surface area contributed by atoms with Crippen LogP contribution < -0.4 is 5.32 Å². The van der Waals surface area contributed by atoms with Crippen LogP contribution in [-0.4, -0.2) is 30.3 Å². The first-order valence-electron chi connectivity index (χ1n) is 8.92. The molecule has 1 aromatic carbocycles. The second kappa shape index (κ2) is 9.44. The van der Waals surface area contributed by atoms with Crippen LogP contribution in [0, 0.1) is 11.8 Å². The molecule has 0 bridgehead atoms. The third-order valence-corrected chi connectivity index (χ3v) is 5.24. The summed E-state index contributed by atoms with van der Waals surface area (Å²) in [6, 6.07) is 5.00. The van der Waals surface area contributed by atoms with Gasteiger partial charge in [0.1, 0.15) is 0 Å². The molecule has 0 radical (unpaired) electrons. The molecule has 1 N–H and O–H groups in total. The average molecular weight is 385 g/mol. The summed E-state index contributed by atoms with van der Waals surface area (Å²) < 4.78 is 0. The molecule has 1 aliphatic rings. The third kappa shape index (κ3) is 5.89. The van der Waals surface area contributed by atoms with E-state index in [1.165, 1.54) is 0 Å². The SMILES string of the molecule is CCCCN(C)C(=O)C1CCC(C(=O)Nc2cc(Cl)cc(Cl)c2)CC1. The Morgan fingerprint density at radius 3 is 2.20 bits per heavy atom. The number of nitrogens with one attached hydrogen (secondary N) is 1. The van der Waals surface area contributed by atoms with E-state index in [0.29, 0.717) is 15.7 Å². The summed E-state index contributed by atoms with van der Waals surface area (Å²) in [5.74, 6) is 0.173. The van der Waals surface area contributed by atoms with Gasteiger partial charge in [0.2, 0.25) is 11.8 Å². The van der Waals surface area contributed by atoms with E-state index in [9.17, 15) is 9.59 Å². The van der Waals surface area contributed by atoms with Crippen LogP contribution in [0.4, 0.5) is 5.69 Å². The summed E-state index contributed by atoms with van der Waals surface area (Å²) in [5.41, 5.74) is 0.611. The predicted molar refractivity (Wildman–Crippen MR) is 103 cm³/mol. The molecule has 138 valence electrons. The van der Waals surface area contributed by atoms with Gasteiger partial charge in [0.05, 0.1) is 0 Å². The maximum absolute atomic E-state index is 12.4. The average Bonchev–Trinajstić information content (AvgIpc) is 2.58. The standard InChI is InChI=1S/C19H26Cl2N2O2/c1-3-4-9-23(2)19(25)14-7-5-13(6-8-14)18(24)22-17-11-15(20)10-16(21)12-17/h10-14H,3-9H2,1-2H3,(H,22,24). The van der Waals surface area contributed by atoms with Crippen molar-refractivity contribution in [1.82, 2.24) is 4.90 Å². The van der Waals surface area contributed by atoms with Gasteiger partial charge in [0.25, 0.3) is 0 Å². The maximum atomic E-state index is 12.4. The molecule has 25 heavy (non-hydrogen) atoms. The molecule has 1 aromatic rings. The minimum absolute atomic E-state index is 0.0245. The molecule has 6 heteroatoms.